The number of hydrazone groups is 1. The summed E-state index contributed by atoms with van der Waals surface area (Å²) in [4.78, 5) is 24.0. The quantitative estimate of drug-likeness (QED) is 0.317. The molecule has 3 rings (SSSR count). The van der Waals surface area contributed by atoms with Crippen LogP contribution in [0.2, 0.25) is 0 Å². The van der Waals surface area contributed by atoms with Crippen molar-refractivity contribution in [3.63, 3.8) is 0 Å². The van der Waals surface area contributed by atoms with Gasteiger partial charge >= 0.3 is 0 Å². The third-order valence-electron chi connectivity index (χ3n) is 4.59. The van der Waals surface area contributed by atoms with Crippen LogP contribution in [0.4, 0.5) is 5.69 Å². The molecule has 0 aromatic heterocycles. The van der Waals surface area contributed by atoms with Gasteiger partial charge in [-0.1, -0.05) is 48.5 Å². The fourth-order valence-electron chi connectivity index (χ4n) is 2.84. The summed E-state index contributed by atoms with van der Waals surface area (Å²) in [6.45, 7) is 2.39. The van der Waals surface area contributed by atoms with Crippen molar-refractivity contribution in [3.05, 3.63) is 94.0 Å². The highest BCUT2D eigenvalue weighted by Gasteiger charge is 2.08. The first-order valence-corrected chi connectivity index (χ1v) is 10.9. The first-order valence-electron chi connectivity index (χ1n) is 10.1. The van der Waals surface area contributed by atoms with Gasteiger partial charge in [-0.05, 0) is 63.8 Å². The normalized spacial score (nSPS) is 10.7. The van der Waals surface area contributed by atoms with Gasteiger partial charge in [0, 0.05) is 18.5 Å². The molecule has 0 saturated heterocycles. The van der Waals surface area contributed by atoms with E-state index in [1.165, 1.54) is 6.21 Å². The Kier molecular flexibility index (Phi) is 8.57. The van der Waals surface area contributed by atoms with Crippen molar-refractivity contribution >= 4 is 39.6 Å². The average molecular weight is 494 g/mol. The molecule has 2 amide bonds. The van der Waals surface area contributed by atoms with Crippen molar-refractivity contribution in [2.75, 3.05) is 5.32 Å². The second-order valence-electron chi connectivity index (χ2n) is 7.12. The number of hydrogen-bond donors (Lipinski definition) is 2. The van der Waals surface area contributed by atoms with Gasteiger partial charge in [-0.15, -0.1) is 0 Å². The smallest absolute Gasteiger partial charge is 0.240 e. The van der Waals surface area contributed by atoms with E-state index in [1.54, 1.807) is 0 Å². The summed E-state index contributed by atoms with van der Waals surface area (Å²) in [6, 6.07) is 22.9. The minimum Gasteiger partial charge on any atom is -0.488 e. The first-order chi connectivity index (χ1) is 15.5. The molecular weight excluding hydrogens is 470 g/mol. The number of anilines is 1. The molecule has 0 aliphatic carbocycles. The number of para-hydroxylation sites is 1. The highest BCUT2D eigenvalue weighted by Crippen LogP contribution is 2.26. The molecule has 164 valence electrons. The lowest BCUT2D eigenvalue weighted by Gasteiger charge is -2.09. The molecule has 0 saturated carbocycles. The maximum Gasteiger partial charge on any atom is 0.240 e. The van der Waals surface area contributed by atoms with Crippen molar-refractivity contribution in [2.45, 2.75) is 26.4 Å². The van der Waals surface area contributed by atoms with Crippen LogP contribution in [0.15, 0.2) is 82.4 Å². The number of aryl methyl sites for hydroxylation is 1. The van der Waals surface area contributed by atoms with Crippen LogP contribution in [0.1, 0.15) is 29.5 Å². The standard InChI is InChI=1S/C25H24BrN3O3/c1-18-7-5-6-10-22(18)28-24(30)13-14-25(31)29-27-16-20-11-12-23(21(26)15-20)32-17-19-8-3-2-4-9-19/h2-12,15-16H,13-14,17H2,1H3,(H,28,30)(H,29,31). The fraction of sp³-hybridized carbons (Fsp3) is 0.160. The largest absolute Gasteiger partial charge is 0.488 e. The van der Waals surface area contributed by atoms with Crippen LogP contribution in [0.3, 0.4) is 0 Å². The van der Waals surface area contributed by atoms with E-state index < -0.39 is 0 Å². The third kappa shape index (κ3) is 7.35. The zero-order chi connectivity index (χ0) is 22.8. The number of hydrogen-bond acceptors (Lipinski definition) is 4. The molecule has 7 heteroatoms. The number of nitrogens with zero attached hydrogens (tertiary/aromatic N) is 1. The Hall–Kier alpha value is -3.45. The Labute approximate surface area is 195 Å². The van der Waals surface area contributed by atoms with Gasteiger partial charge in [0.25, 0.3) is 0 Å². The van der Waals surface area contributed by atoms with E-state index in [9.17, 15) is 9.59 Å². The molecule has 0 spiro atoms. The number of nitrogens with one attached hydrogen (secondary N) is 2. The predicted octanol–water partition coefficient (Wildman–Crippen LogP) is 5.21. The topological polar surface area (TPSA) is 79.8 Å². The maximum absolute atomic E-state index is 12.0. The van der Waals surface area contributed by atoms with Gasteiger partial charge in [-0.25, -0.2) is 5.43 Å². The molecule has 0 fully saturated rings. The first kappa shape index (κ1) is 23.2. The van der Waals surface area contributed by atoms with Crippen molar-refractivity contribution < 1.29 is 14.3 Å². The van der Waals surface area contributed by atoms with Crippen molar-refractivity contribution in [1.29, 1.82) is 0 Å². The minimum absolute atomic E-state index is 0.0466. The Balaban J connectivity index is 1.42. The molecule has 0 aliphatic rings. The van der Waals surface area contributed by atoms with E-state index in [0.717, 1.165) is 32.6 Å². The van der Waals surface area contributed by atoms with Gasteiger partial charge in [0.15, 0.2) is 0 Å². The minimum atomic E-state index is -0.330. The van der Waals surface area contributed by atoms with Gasteiger partial charge in [0.1, 0.15) is 12.4 Å². The second kappa shape index (κ2) is 11.8. The molecule has 0 aliphatic heterocycles. The Morgan fingerprint density at radius 3 is 2.44 bits per heavy atom. The molecular formula is C25H24BrN3O3. The van der Waals surface area contributed by atoms with Crippen LogP contribution in [-0.4, -0.2) is 18.0 Å². The molecule has 2 N–H and O–H groups in total. The molecule has 32 heavy (non-hydrogen) atoms. The molecule has 3 aromatic carbocycles. The lowest BCUT2D eigenvalue weighted by atomic mass is 10.2. The zero-order valence-corrected chi connectivity index (χ0v) is 19.3. The molecule has 3 aromatic rings. The number of carbonyl (C=O) groups excluding carboxylic acids is 2. The van der Waals surface area contributed by atoms with Crippen molar-refractivity contribution in [1.82, 2.24) is 5.43 Å². The summed E-state index contributed by atoms with van der Waals surface area (Å²) >= 11 is 3.50. The number of benzene rings is 3. The van der Waals surface area contributed by atoms with Crippen molar-refractivity contribution in [2.24, 2.45) is 5.10 Å². The van der Waals surface area contributed by atoms with Gasteiger partial charge in [0.2, 0.25) is 11.8 Å². The molecule has 0 radical (unpaired) electrons. The second-order valence-corrected chi connectivity index (χ2v) is 7.97. The number of amides is 2. The molecule has 0 bridgehead atoms. The molecule has 0 atom stereocenters. The third-order valence-corrected chi connectivity index (χ3v) is 5.21. The lowest BCUT2D eigenvalue weighted by molar-refractivity contribution is -0.124. The summed E-state index contributed by atoms with van der Waals surface area (Å²) in [6.07, 6.45) is 1.66. The highest BCUT2D eigenvalue weighted by molar-refractivity contribution is 9.10. The van der Waals surface area contributed by atoms with Crippen molar-refractivity contribution in [3.8, 4) is 5.75 Å². The van der Waals surface area contributed by atoms with Gasteiger partial charge < -0.3 is 10.1 Å². The van der Waals surface area contributed by atoms with Crippen LogP contribution in [-0.2, 0) is 16.2 Å². The summed E-state index contributed by atoms with van der Waals surface area (Å²) in [5, 5.41) is 6.77. The Bertz CT molecular complexity index is 1100. The Morgan fingerprint density at radius 2 is 1.69 bits per heavy atom. The van der Waals surface area contributed by atoms with Crippen LogP contribution in [0, 0.1) is 6.92 Å². The summed E-state index contributed by atoms with van der Waals surface area (Å²) < 4.78 is 6.61. The van der Waals surface area contributed by atoms with E-state index in [1.807, 2.05) is 79.7 Å². The number of halogens is 1. The zero-order valence-electron chi connectivity index (χ0n) is 17.7. The molecule has 0 heterocycles. The summed E-state index contributed by atoms with van der Waals surface area (Å²) in [7, 11) is 0. The lowest BCUT2D eigenvalue weighted by Crippen LogP contribution is -2.20. The van der Waals surface area contributed by atoms with Crippen LogP contribution in [0.5, 0.6) is 5.75 Å². The van der Waals surface area contributed by atoms with E-state index in [-0.39, 0.29) is 24.7 Å². The van der Waals surface area contributed by atoms with Gasteiger partial charge in [-0.2, -0.15) is 5.10 Å². The number of rotatable bonds is 9. The SMILES string of the molecule is Cc1ccccc1NC(=O)CCC(=O)NN=Cc1ccc(OCc2ccccc2)c(Br)c1. The summed E-state index contributed by atoms with van der Waals surface area (Å²) in [5.74, 6) is 0.172. The summed E-state index contributed by atoms with van der Waals surface area (Å²) in [5.41, 5.74) is 6.04. The monoisotopic (exact) mass is 493 g/mol. The van der Waals surface area contributed by atoms with E-state index in [2.05, 4.69) is 31.8 Å². The van der Waals surface area contributed by atoms with E-state index in [4.69, 9.17) is 4.74 Å². The average Bonchev–Trinajstić information content (AvgIpc) is 2.79. The number of carbonyl (C=O) groups is 2. The highest BCUT2D eigenvalue weighted by atomic mass is 79.9. The van der Waals surface area contributed by atoms with Gasteiger partial charge in [-0.3, -0.25) is 9.59 Å². The van der Waals surface area contributed by atoms with E-state index in [0.29, 0.717) is 6.61 Å². The fourth-order valence-corrected chi connectivity index (χ4v) is 3.35. The van der Waals surface area contributed by atoms with E-state index >= 15 is 0 Å². The van der Waals surface area contributed by atoms with Crippen LogP contribution < -0.4 is 15.5 Å². The maximum atomic E-state index is 12.0. The van der Waals surface area contributed by atoms with Gasteiger partial charge in [0.05, 0.1) is 10.7 Å². The Morgan fingerprint density at radius 1 is 0.969 bits per heavy atom. The van der Waals surface area contributed by atoms with Crippen LogP contribution in [0.25, 0.3) is 0 Å². The molecule has 0 unspecified atom stereocenters. The molecule has 6 nitrogen and oxygen atoms in total. The number of ether oxygens (including phenoxy) is 1. The predicted molar refractivity (Wildman–Crippen MR) is 130 cm³/mol. The van der Waals surface area contributed by atoms with Crippen LogP contribution >= 0.6 is 15.9 Å².